The third kappa shape index (κ3) is 4.54. The van der Waals surface area contributed by atoms with Crippen LogP contribution in [0.5, 0.6) is 0 Å². The number of likely N-dealkylation sites (tertiary alicyclic amines) is 1. The van der Waals surface area contributed by atoms with Crippen LogP contribution >= 0.6 is 0 Å². The Morgan fingerprint density at radius 2 is 2.00 bits per heavy atom. The predicted octanol–water partition coefficient (Wildman–Crippen LogP) is 3.45. The molecule has 5 nitrogen and oxygen atoms in total. The van der Waals surface area contributed by atoms with E-state index in [4.69, 9.17) is 0 Å². The number of nitrogens with zero attached hydrogens (tertiary/aromatic N) is 3. The number of aryl methyl sites for hydroxylation is 2. The summed E-state index contributed by atoms with van der Waals surface area (Å²) in [6, 6.07) is 11.7. The van der Waals surface area contributed by atoms with Crippen LogP contribution in [-0.4, -0.2) is 53.3 Å². The summed E-state index contributed by atoms with van der Waals surface area (Å²) in [5, 5.41) is 0. The Hall–Kier alpha value is -2.69. The third-order valence-corrected chi connectivity index (χ3v) is 5.12. The van der Waals surface area contributed by atoms with Crippen LogP contribution in [0.4, 0.5) is 0 Å². The minimum Gasteiger partial charge on any atom is -0.341 e. The number of benzene rings is 1. The lowest BCUT2D eigenvalue weighted by atomic mass is 10.0. The highest BCUT2D eigenvalue weighted by Crippen LogP contribution is 2.24. The number of hydrogen-bond acceptors (Lipinski definition) is 3. The normalized spacial score (nSPS) is 14.3. The van der Waals surface area contributed by atoms with Crippen molar-refractivity contribution in [2.75, 3.05) is 26.7 Å². The van der Waals surface area contributed by atoms with Crippen molar-refractivity contribution in [2.45, 2.75) is 33.1 Å². The van der Waals surface area contributed by atoms with Gasteiger partial charge in [0.15, 0.2) is 0 Å². The third-order valence-electron chi connectivity index (χ3n) is 5.12. The fourth-order valence-electron chi connectivity index (χ4n) is 3.50. The molecule has 0 radical (unpaired) electrons. The number of aromatic nitrogens is 1. The molecule has 1 aliphatic heterocycles. The summed E-state index contributed by atoms with van der Waals surface area (Å²) in [6.07, 6.45) is 2.66. The Morgan fingerprint density at radius 1 is 1.19 bits per heavy atom. The van der Waals surface area contributed by atoms with Gasteiger partial charge in [0.25, 0.3) is 5.91 Å². The van der Waals surface area contributed by atoms with E-state index in [1.54, 1.807) is 11.9 Å². The van der Waals surface area contributed by atoms with Crippen LogP contribution in [0.3, 0.4) is 0 Å². The topological polar surface area (TPSA) is 53.5 Å². The lowest BCUT2D eigenvalue weighted by molar-refractivity contribution is -0.133. The molecule has 0 bridgehead atoms. The molecule has 0 saturated carbocycles. The van der Waals surface area contributed by atoms with Crippen LogP contribution < -0.4 is 0 Å². The maximum absolute atomic E-state index is 12.8. The molecule has 1 aromatic carbocycles. The minimum absolute atomic E-state index is 0.0287. The van der Waals surface area contributed by atoms with E-state index in [2.05, 4.69) is 4.98 Å². The molecule has 1 fully saturated rings. The molecule has 0 aliphatic carbocycles. The van der Waals surface area contributed by atoms with Crippen molar-refractivity contribution in [3.05, 3.63) is 53.3 Å². The van der Waals surface area contributed by atoms with Gasteiger partial charge in [-0.25, -0.2) is 0 Å². The van der Waals surface area contributed by atoms with Gasteiger partial charge in [-0.05, 0) is 50.5 Å². The number of piperidine rings is 1. The molecule has 2 heterocycles. The van der Waals surface area contributed by atoms with E-state index in [0.717, 1.165) is 41.9 Å². The molecule has 3 rings (SSSR count). The molecular weight excluding hydrogens is 338 g/mol. The van der Waals surface area contributed by atoms with Crippen LogP contribution in [-0.2, 0) is 4.79 Å². The van der Waals surface area contributed by atoms with Gasteiger partial charge in [-0.15, -0.1) is 0 Å². The number of amides is 2. The zero-order chi connectivity index (χ0) is 19.4. The zero-order valence-electron chi connectivity index (χ0n) is 16.4. The van der Waals surface area contributed by atoms with Crippen molar-refractivity contribution in [3.63, 3.8) is 0 Å². The van der Waals surface area contributed by atoms with E-state index in [1.807, 2.05) is 55.1 Å². The highest BCUT2D eigenvalue weighted by Gasteiger charge is 2.19. The van der Waals surface area contributed by atoms with Gasteiger partial charge in [0.2, 0.25) is 5.91 Å². The molecule has 142 valence electrons. The molecule has 1 aromatic heterocycles. The number of likely N-dealkylation sites (N-methyl/N-ethyl adjacent to an activating group) is 1. The second-order valence-electron chi connectivity index (χ2n) is 7.23. The summed E-state index contributed by atoms with van der Waals surface area (Å²) >= 11 is 0. The fourth-order valence-corrected chi connectivity index (χ4v) is 3.50. The summed E-state index contributed by atoms with van der Waals surface area (Å²) in [5.41, 5.74) is 4.62. The van der Waals surface area contributed by atoms with Crippen molar-refractivity contribution in [1.29, 1.82) is 0 Å². The van der Waals surface area contributed by atoms with Gasteiger partial charge >= 0.3 is 0 Å². The summed E-state index contributed by atoms with van der Waals surface area (Å²) in [5.74, 6) is 0.172. The van der Waals surface area contributed by atoms with Gasteiger partial charge in [-0.3, -0.25) is 14.6 Å². The predicted molar refractivity (Wildman–Crippen MR) is 107 cm³/mol. The van der Waals surface area contributed by atoms with Crippen LogP contribution in [0.1, 0.15) is 41.0 Å². The number of hydrogen-bond donors (Lipinski definition) is 0. The van der Waals surface area contributed by atoms with E-state index in [-0.39, 0.29) is 11.8 Å². The molecule has 5 heteroatoms. The fraction of sp³-hybridized carbons (Fsp3) is 0.409. The van der Waals surface area contributed by atoms with E-state index in [9.17, 15) is 9.59 Å². The summed E-state index contributed by atoms with van der Waals surface area (Å²) in [7, 11) is 1.79. The van der Waals surface area contributed by atoms with Gasteiger partial charge in [0.05, 0.1) is 0 Å². The summed E-state index contributed by atoms with van der Waals surface area (Å²) in [4.78, 5) is 32.8. The first-order chi connectivity index (χ1) is 13.0. The Kier molecular flexibility index (Phi) is 5.89. The number of rotatable bonds is 5. The molecule has 0 unspecified atom stereocenters. The van der Waals surface area contributed by atoms with Gasteiger partial charge in [0.1, 0.15) is 0 Å². The molecule has 1 aliphatic rings. The average Bonchev–Trinajstić information content (AvgIpc) is 2.66. The van der Waals surface area contributed by atoms with Gasteiger partial charge in [-0.2, -0.15) is 0 Å². The van der Waals surface area contributed by atoms with E-state index < -0.39 is 0 Å². The van der Waals surface area contributed by atoms with Crippen LogP contribution in [0.25, 0.3) is 11.1 Å². The van der Waals surface area contributed by atoms with E-state index >= 15 is 0 Å². The Morgan fingerprint density at radius 3 is 2.74 bits per heavy atom. The number of carbonyl (C=O) groups excluding carboxylic acids is 2. The molecule has 0 spiro atoms. The van der Waals surface area contributed by atoms with Crippen molar-refractivity contribution < 1.29 is 9.59 Å². The molecule has 0 atom stereocenters. The molecular formula is C22H27N3O2. The van der Waals surface area contributed by atoms with Gasteiger partial charge in [-0.1, -0.05) is 18.2 Å². The van der Waals surface area contributed by atoms with E-state index in [0.29, 0.717) is 25.1 Å². The number of pyridine rings is 1. The van der Waals surface area contributed by atoms with Gasteiger partial charge < -0.3 is 9.80 Å². The lowest BCUT2D eigenvalue weighted by Crippen LogP contribution is -2.41. The highest BCUT2D eigenvalue weighted by atomic mass is 16.2. The maximum atomic E-state index is 12.8. The Labute approximate surface area is 161 Å². The van der Waals surface area contributed by atoms with Crippen LogP contribution in [0, 0.1) is 13.8 Å². The maximum Gasteiger partial charge on any atom is 0.253 e. The first-order valence-electron chi connectivity index (χ1n) is 9.53. The number of carbonyl (C=O) groups is 2. The average molecular weight is 365 g/mol. The van der Waals surface area contributed by atoms with Crippen molar-refractivity contribution in [2.24, 2.45) is 0 Å². The van der Waals surface area contributed by atoms with Crippen LogP contribution in [0.2, 0.25) is 0 Å². The molecule has 0 N–H and O–H groups in total. The summed E-state index contributed by atoms with van der Waals surface area (Å²) < 4.78 is 0. The monoisotopic (exact) mass is 365 g/mol. The first-order valence-corrected chi connectivity index (χ1v) is 9.53. The second-order valence-corrected chi connectivity index (χ2v) is 7.23. The molecule has 27 heavy (non-hydrogen) atoms. The SMILES string of the molecule is Cc1ccc(-c2cccc(C(=O)N(C)CCN3CCCCC3=O)c2)c(C)n1. The Balaban J connectivity index is 1.70. The first kappa shape index (κ1) is 19.1. The lowest BCUT2D eigenvalue weighted by Gasteiger charge is -2.28. The van der Waals surface area contributed by atoms with Crippen molar-refractivity contribution in [3.8, 4) is 11.1 Å². The Bertz CT molecular complexity index is 847. The quantitative estimate of drug-likeness (QED) is 0.815. The summed E-state index contributed by atoms with van der Waals surface area (Å²) in [6.45, 7) is 5.90. The minimum atomic E-state index is -0.0287. The molecule has 2 amide bonds. The molecule has 1 saturated heterocycles. The van der Waals surface area contributed by atoms with E-state index in [1.165, 1.54) is 0 Å². The van der Waals surface area contributed by atoms with Crippen LogP contribution in [0.15, 0.2) is 36.4 Å². The smallest absolute Gasteiger partial charge is 0.253 e. The van der Waals surface area contributed by atoms with Gasteiger partial charge in [0, 0.05) is 55.6 Å². The second kappa shape index (κ2) is 8.33. The van der Waals surface area contributed by atoms with Crippen molar-refractivity contribution >= 4 is 11.8 Å². The highest BCUT2D eigenvalue weighted by molar-refractivity contribution is 5.95. The van der Waals surface area contributed by atoms with Crippen molar-refractivity contribution in [1.82, 2.24) is 14.8 Å². The molecule has 2 aromatic rings. The largest absolute Gasteiger partial charge is 0.341 e. The standard InChI is InChI=1S/C22H27N3O2/c1-16-10-11-20(17(2)23-16)18-7-6-8-19(15-18)22(27)24(3)13-14-25-12-5-4-9-21(25)26/h6-8,10-11,15H,4-5,9,12-14H2,1-3H3. The zero-order valence-corrected chi connectivity index (χ0v) is 16.4.